The van der Waals surface area contributed by atoms with Crippen LogP contribution in [0.2, 0.25) is 0 Å². The van der Waals surface area contributed by atoms with Crippen LogP contribution in [0.1, 0.15) is 20.3 Å². The summed E-state index contributed by atoms with van der Waals surface area (Å²) in [6.07, 6.45) is 1.04. The summed E-state index contributed by atoms with van der Waals surface area (Å²) < 4.78 is 10.5. The lowest BCUT2D eigenvalue weighted by Gasteiger charge is -2.20. The first-order valence-electron chi connectivity index (χ1n) is 5.17. The highest BCUT2D eigenvalue weighted by Gasteiger charge is 2.15. The van der Waals surface area contributed by atoms with E-state index in [1.54, 1.807) is 0 Å². The van der Waals surface area contributed by atoms with E-state index in [4.69, 9.17) is 9.47 Å². The Morgan fingerprint density at radius 3 is 2.93 bits per heavy atom. The van der Waals surface area contributed by atoms with Gasteiger partial charge in [-0.2, -0.15) is 0 Å². The van der Waals surface area contributed by atoms with Crippen molar-refractivity contribution in [2.75, 3.05) is 32.9 Å². The van der Waals surface area contributed by atoms with Crippen LogP contribution < -0.4 is 0 Å². The molecule has 1 amide bonds. The van der Waals surface area contributed by atoms with Crippen molar-refractivity contribution in [1.82, 2.24) is 4.90 Å². The van der Waals surface area contributed by atoms with E-state index in [2.05, 4.69) is 0 Å². The fraction of sp³-hybridized carbons (Fsp3) is 0.900. The monoisotopic (exact) mass is 201 g/mol. The molecule has 0 atom stereocenters. The molecule has 0 saturated carbocycles. The van der Waals surface area contributed by atoms with Crippen molar-refractivity contribution < 1.29 is 14.3 Å². The van der Waals surface area contributed by atoms with E-state index in [-0.39, 0.29) is 18.6 Å². The molecule has 1 rings (SSSR count). The third-order valence-corrected chi connectivity index (χ3v) is 2.12. The second-order valence-electron chi connectivity index (χ2n) is 3.71. The zero-order valence-electron chi connectivity index (χ0n) is 8.99. The quantitative estimate of drug-likeness (QED) is 0.673. The molecular formula is C10H19NO3. The molecule has 4 heteroatoms. The number of carbonyl (C=O) groups excluding carboxylic acids is 1. The van der Waals surface area contributed by atoms with E-state index in [9.17, 15) is 4.79 Å². The van der Waals surface area contributed by atoms with Gasteiger partial charge in [0.25, 0.3) is 0 Å². The van der Waals surface area contributed by atoms with Gasteiger partial charge in [-0.15, -0.1) is 0 Å². The summed E-state index contributed by atoms with van der Waals surface area (Å²) in [4.78, 5) is 13.4. The van der Waals surface area contributed by atoms with E-state index < -0.39 is 0 Å². The maximum Gasteiger partial charge on any atom is 0.248 e. The van der Waals surface area contributed by atoms with Crippen LogP contribution in [0.5, 0.6) is 0 Å². The third kappa shape index (κ3) is 4.07. The van der Waals surface area contributed by atoms with Crippen molar-refractivity contribution in [1.29, 1.82) is 0 Å². The number of amides is 1. The summed E-state index contributed by atoms with van der Waals surface area (Å²) in [5.74, 6) is 0.0733. The van der Waals surface area contributed by atoms with Crippen molar-refractivity contribution >= 4 is 5.91 Å². The Hall–Kier alpha value is -0.610. The van der Waals surface area contributed by atoms with E-state index >= 15 is 0 Å². The molecule has 0 aromatic rings. The van der Waals surface area contributed by atoms with Crippen LogP contribution in [0.3, 0.4) is 0 Å². The SMILES string of the molecule is CC(C)OCC(=O)N1CCCOCC1. The van der Waals surface area contributed by atoms with Gasteiger partial charge in [-0.05, 0) is 20.3 Å². The van der Waals surface area contributed by atoms with Crippen LogP contribution in [0.15, 0.2) is 0 Å². The molecule has 1 aliphatic heterocycles. The van der Waals surface area contributed by atoms with Crippen molar-refractivity contribution in [2.45, 2.75) is 26.4 Å². The highest BCUT2D eigenvalue weighted by Crippen LogP contribution is 2.00. The predicted octanol–water partition coefficient (Wildman–Crippen LogP) is 0.660. The lowest BCUT2D eigenvalue weighted by molar-refractivity contribution is -0.137. The predicted molar refractivity (Wildman–Crippen MR) is 53.1 cm³/mol. The number of nitrogens with zero attached hydrogens (tertiary/aromatic N) is 1. The number of rotatable bonds is 3. The molecule has 1 fully saturated rings. The molecule has 1 aliphatic rings. The molecule has 82 valence electrons. The maximum atomic E-state index is 11.6. The second-order valence-corrected chi connectivity index (χ2v) is 3.71. The van der Waals surface area contributed by atoms with E-state index in [1.165, 1.54) is 0 Å². The minimum atomic E-state index is 0.0733. The zero-order valence-corrected chi connectivity index (χ0v) is 8.99. The van der Waals surface area contributed by atoms with E-state index in [1.807, 2.05) is 18.7 Å². The molecule has 0 aromatic heterocycles. The molecule has 0 unspecified atom stereocenters. The number of carbonyl (C=O) groups is 1. The lowest BCUT2D eigenvalue weighted by atomic mass is 10.4. The van der Waals surface area contributed by atoms with Crippen LogP contribution in [0.4, 0.5) is 0 Å². The van der Waals surface area contributed by atoms with E-state index in [0.29, 0.717) is 13.2 Å². The number of hydrogen-bond acceptors (Lipinski definition) is 3. The van der Waals surface area contributed by atoms with Gasteiger partial charge < -0.3 is 14.4 Å². The average molecular weight is 201 g/mol. The molecule has 0 bridgehead atoms. The molecule has 0 aliphatic carbocycles. The molecule has 4 nitrogen and oxygen atoms in total. The number of hydrogen-bond donors (Lipinski definition) is 0. The Morgan fingerprint density at radius 1 is 1.43 bits per heavy atom. The van der Waals surface area contributed by atoms with Crippen molar-refractivity contribution in [3.05, 3.63) is 0 Å². The Bertz CT molecular complexity index is 174. The Balaban J connectivity index is 2.27. The fourth-order valence-corrected chi connectivity index (χ4v) is 1.32. The molecular weight excluding hydrogens is 182 g/mol. The minimum Gasteiger partial charge on any atom is -0.380 e. The lowest BCUT2D eigenvalue weighted by Crippen LogP contribution is -2.36. The summed E-state index contributed by atoms with van der Waals surface area (Å²) >= 11 is 0. The summed E-state index contributed by atoms with van der Waals surface area (Å²) in [7, 11) is 0. The molecule has 1 saturated heterocycles. The van der Waals surface area contributed by atoms with Gasteiger partial charge in [0.2, 0.25) is 5.91 Å². The average Bonchev–Trinajstić information content (AvgIpc) is 2.42. The van der Waals surface area contributed by atoms with E-state index in [0.717, 1.165) is 19.6 Å². The van der Waals surface area contributed by atoms with Crippen LogP contribution >= 0.6 is 0 Å². The van der Waals surface area contributed by atoms with Gasteiger partial charge in [-0.3, -0.25) is 4.79 Å². The van der Waals surface area contributed by atoms with Crippen LogP contribution in [0, 0.1) is 0 Å². The smallest absolute Gasteiger partial charge is 0.248 e. The largest absolute Gasteiger partial charge is 0.380 e. The molecule has 1 heterocycles. The Kier molecular flexibility index (Phi) is 4.90. The molecule has 0 N–H and O–H groups in total. The van der Waals surface area contributed by atoms with Gasteiger partial charge in [0, 0.05) is 19.7 Å². The summed E-state index contributed by atoms with van der Waals surface area (Å²) in [5, 5.41) is 0. The normalized spacial score (nSPS) is 18.4. The van der Waals surface area contributed by atoms with Crippen LogP contribution in [-0.4, -0.2) is 49.8 Å². The Morgan fingerprint density at radius 2 is 2.21 bits per heavy atom. The topological polar surface area (TPSA) is 38.8 Å². The first-order valence-corrected chi connectivity index (χ1v) is 5.17. The standard InChI is InChI=1S/C10H19NO3/c1-9(2)14-8-10(12)11-4-3-6-13-7-5-11/h9H,3-8H2,1-2H3. The van der Waals surface area contributed by atoms with Gasteiger partial charge in [0.15, 0.2) is 0 Å². The van der Waals surface area contributed by atoms with Crippen molar-refractivity contribution in [2.24, 2.45) is 0 Å². The number of ether oxygens (including phenoxy) is 2. The molecule has 0 radical (unpaired) electrons. The third-order valence-electron chi connectivity index (χ3n) is 2.12. The molecule has 0 spiro atoms. The van der Waals surface area contributed by atoms with Gasteiger partial charge >= 0.3 is 0 Å². The minimum absolute atomic E-state index is 0.0733. The molecule has 14 heavy (non-hydrogen) atoms. The summed E-state index contributed by atoms with van der Waals surface area (Å²) in [6, 6.07) is 0. The van der Waals surface area contributed by atoms with Crippen molar-refractivity contribution in [3.8, 4) is 0 Å². The first-order chi connectivity index (χ1) is 6.70. The first kappa shape index (κ1) is 11.5. The Labute approximate surface area is 85.2 Å². The highest BCUT2D eigenvalue weighted by molar-refractivity contribution is 5.77. The van der Waals surface area contributed by atoms with Gasteiger partial charge in [-0.1, -0.05) is 0 Å². The van der Waals surface area contributed by atoms with Gasteiger partial charge in [0.1, 0.15) is 6.61 Å². The second kappa shape index (κ2) is 5.98. The van der Waals surface area contributed by atoms with Crippen molar-refractivity contribution in [3.63, 3.8) is 0 Å². The van der Waals surface area contributed by atoms with Gasteiger partial charge in [-0.25, -0.2) is 0 Å². The van der Waals surface area contributed by atoms with Gasteiger partial charge in [0.05, 0.1) is 12.7 Å². The zero-order chi connectivity index (χ0) is 10.4. The van der Waals surface area contributed by atoms with Crippen LogP contribution in [-0.2, 0) is 14.3 Å². The maximum absolute atomic E-state index is 11.6. The summed E-state index contributed by atoms with van der Waals surface area (Å²) in [5.41, 5.74) is 0. The molecule has 0 aromatic carbocycles. The highest BCUT2D eigenvalue weighted by atomic mass is 16.5. The summed E-state index contributed by atoms with van der Waals surface area (Å²) in [6.45, 7) is 6.94. The fourth-order valence-electron chi connectivity index (χ4n) is 1.32. The van der Waals surface area contributed by atoms with Crippen LogP contribution in [0.25, 0.3) is 0 Å².